The highest BCUT2D eigenvalue weighted by molar-refractivity contribution is 5.95. The van der Waals surface area contributed by atoms with Crippen molar-refractivity contribution in [3.05, 3.63) is 29.3 Å². The van der Waals surface area contributed by atoms with Crippen LogP contribution in [0.3, 0.4) is 0 Å². The van der Waals surface area contributed by atoms with Crippen LogP contribution in [-0.4, -0.2) is 17.4 Å². The van der Waals surface area contributed by atoms with Crippen LogP contribution in [0.5, 0.6) is 0 Å². The molecule has 1 rings (SSSR count). The first-order valence-electron chi connectivity index (χ1n) is 5.51. The topological polar surface area (TPSA) is 42.0 Å². The zero-order chi connectivity index (χ0) is 14.8. The van der Waals surface area contributed by atoms with Crippen molar-refractivity contribution in [1.82, 2.24) is 10.3 Å². The van der Waals surface area contributed by atoms with E-state index in [9.17, 15) is 22.4 Å². The van der Waals surface area contributed by atoms with Crippen molar-refractivity contribution < 1.29 is 22.4 Å². The van der Waals surface area contributed by atoms with Crippen LogP contribution in [0.2, 0.25) is 0 Å². The average molecular weight is 278 g/mol. The van der Waals surface area contributed by atoms with E-state index in [2.05, 4.69) is 10.3 Å². The number of alkyl halides is 3. The van der Waals surface area contributed by atoms with Crippen LogP contribution in [0.15, 0.2) is 12.4 Å². The molecule has 7 heteroatoms. The number of pyridine rings is 1. The number of hydrogen-bond donors (Lipinski definition) is 1. The van der Waals surface area contributed by atoms with Gasteiger partial charge in [-0.1, -0.05) is 20.8 Å². The number of nitrogens with one attached hydrogen (secondary N) is 1. The summed E-state index contributed by atoms with van der Waals surface area (Å²) in [5.41, 5.74) is -2.69. The lowest BCUT2D eigenvalue weighted by atomic mass is 9.97. The second kappa shape index (κ2) is 5.14. The normalized spacial score (nSPS) is 12.4. The van der Waals surface area contributed by atoms with E-state index < -0.39 is 29.0 Å². The van der Waals surface area contributed by atoms with Gasteiger partial charge in [-0.2, -0.15) is 13.2 Å². The molecule has 1 aromatic rings. The maximum atomic E-state index is 13.2. The van der Waals surface area contributed by atoms with Crippen LogP contribution >= 0.6 is 0 Å². The molecule has 1 N–H and O–H groups in total. The first-order chi connectivity index (χ1) is 8.52. The van der Waals surface area contributed by atoms with Gasteiger partial charge in [-0.25, -0.2) is 4.39 Å². The van der Waals surface area contributed by atoms with Crippen molar-refractivity contribution in [3.63, 3.8) is 0 Å². The predicted molar refractivity (Wildman–Crippen MR) is 61.0 cm³/mol. The third-order valence-electron chi connectivity index (χ3n) is 2.21. The molecule has 106 valence electrons. The van der Waals surface area contributed by atoms with Gasteiger partial charge in [0.2, 0.25) is 0 Å². The number of carbonyl (C=O) groups is 1. The summed E-state index contributed by atoms with van der Waals surface area (Å²) in [7, 11) is 0. The minimum absolute atomic E-state index is 0.166. The quantitative estimate of drug-likeness (QED) is 0.845. The summed E-state index contributed by atoms with van der Waals surface area (Å²) in [6.45, 7) is 5.59. The van der Waals surface area contributed by atoms with Crippen LogP contribution in [-0.2, 0) is 6.18 Å². The van der Waals surface area contributed by atoms with Crippen molar-refractivity contribution in [2.75, 3.05) is 6.54 Å². The Balaban J connectivity index is 3.08. The van der Waals surface area contributed by atoms with E-state index >= 15 is 0 Å². The molecule has 3 nitrogen and oxygen atoms in total. The number of hydrogen-bond acceptors (Lipinski definition) is 2. The fraction of sp³-hybridized carbons (Fsp3) is 0.500. The van der Waals surface area contributed by atoms with Crippen molar-refractivity contribution in [1.29, 1.82) is 0 Å². The first-order valence-corrected chi connectivity index (χ1v) is 5.51. The SMILES string of the molecule is CC(C)(C)CNC(=O)c1cncc(F)c1C(F)(F)F. The Morgan fingerprint density at radius 3 is 2.32 bits per heavy atom. The van der Waals surface area contributed by atoms with Crippen molar-refractivity contribution in [2.45, 2.75) is 26.9 Å². The molecule has 0 aliphatic heterocycles. The number of nitrogens with zero attached hydrogens (tertiary/aromatic N) is 1. The fourth-order valence-electron chi connectivity index (χ4n) is 1.34. The van der Waals surface area contributed by atoms with Crippen LogP contribution < -0.4 is 5.32 Å². The highest BCUT2D eigenvalue weighted by atomic mass is 19.4. The van der Waals surface area contributed by atoms with E-state index in [-0.39, 0.29) is 12.0 Å². The molecular formula is C12H14F4N2O. The van der Waals surface area contributed by atoms with Gasteiger partial charge in [0.25, 0.3) is 5.91 Å². The predicted octanol–water partition coefficient (Wildman–Crippen LogP) is 3.02. The maximum absolute atomic E-state index is 13.2. The highest BCUT2D eigenvalue weighted by Crippen LogP contribution is 2.33. The van der Waals surface area contributed by atoms with Crippen molar-refractivity contribution >= 4 is 5.91 Å². The van der Waals surface area contributed by atoms with Gasteiger partial charge < -0.3 is 5.32 Å². The monoisotopic (exact) mass is 278 g/mol. The smallest absolute Gasteiger partial charge is 0.351 e. The molecule has 1 amide bonds. The lowest BCUT2D eigenvalue weighted by molar-refractivity contribution is -0.140. The lowest BCUT2D eigenvalue weighted by Gasteiger charge is -2.19. The molecule has 0 aliphatic carbocycles. The van der Waals surface area contributed by atoms with Crippen LogP contribution in [0, 0.1) is 11.2 Å². The summed E-state index contributed by atoms with van der Waals surface area (Å²) in [4.78, 5) is 15.0. The van der Waals surface area contributed by atoms with E-state index in [1.807, 2.05) is 20.8 Å². The van der Waals surface area contributed by atoms with Gasteiger partial charge in [-0.05, 0) is 5.41 Å². The number of aromatic nitrogens is 1. The second-order valence-electron chi connectivity index (χ2n) is 5.28. The van der Waals surface area contributed by atoms with E-state index in [4.69, 9.17) is 0 Å². The van der Waals surface area contributed by atoms with Gasteiger partial charge in [0.05, 0.1) is 11.8 Å². The Morgan fingerprint density at radius 1 is 1.26 bits per heavy atom. The lowest BCUT2D eigenvalue weighted by Crippen LogP contribution is -2.33. The van der Waals surface area contributed by atoms with E-state index in [0.29, 0.717) is 12.4 Å². The number of rotatable bonds is 2. The van der Waals surface area contributed by atoms with Gasteiger partial charge >= 0.3 is 6.18 Å². The molecule has 0 atom stereocenters. The summed E-state index contributed by atoms with van der Waals surface area (Å²) in [5.74, 6) is -2.55. The summed E-state index contributed by atoms with van der Waals surface area (Å²) in [6.07, 6.45) is -3.80. The fourth-order valence-corrected chi connectivity index (χ4v) is 1.34. The van der Waals surface area contributed by atoms with Crippen LogP contribution in [0.25, 0.3) is 0 Å². The third kappa shape index (κ3) is 4.18. The van der Waals surface area contributed by atoms with Crippen LogP contribution in [0.4, 0.5) is 17.6 Å². The van der Waals surface area contributed by atoms with Crippen molar-refractivity contribution in [2.24, 2.45) is 5.41 Å². The molecule has 19 heavy (non-hydrogen) atoms. The molecule has 0 aliphatic rings. The van der Waals surface area contributed by atoms with E-state index in [1.165, 1.54) is 0 Å². The Morgan fingerprint density at radius 2 is 1.84 bits per heavy atom. The van der Waals surface area contributed by atoms with E-state index in [1.54, 1.807) is 0 Å². The zero-order valence-electron chi connectivity index (χ0n) is 10.7. The number of carbonyl (C=O) groups excluding carboxylic acids is 1. The van der Waals surface area contributed by atoms with E-state index in [0.717, 1.165) is 0 Å². The highest BCUT2D eigenvalue weighted by Gasteiger charge is 2.39. The molecule has 0 spiro atoms. The molecule has 1 heterocycles. The number of amides is 1. The Kier molecular flexibility index (Phi) is 4.17. The Hall–Kier alpha value is -1.66. The molecule has 0 radical (unpaired) electrons. The largest absolute Gasteiger partial charge is 0.420 e. The van der Waals surface area contributed by atoms with Gasteiger partial charge in [0.1, 0.15) is 5.56 Å². The summed E-state index contributed by atoms with van der Waals surface area (Å²) in [6, 6.07) is 0. The molecule has 0 saturated carbocycles. The molecular weight excluding hydrogens is 264 g/mol. The summed E-state index contributed by atoms with van der Waals surface area (Å²) >= 11 is 0. The molecule has 0 fully saturated rings. The minimum atomic E-state index is -4.94. The summed E-state index contributed by atoms with van der Waals surface area (Å²) < 4.78 is 51.3. The zero-order valence-corrected chi connectivity index (χ0v) is 10.7. The molecule has 0 bridgehead atoms. The molecule has 1 aromatic heterocycles. The standard InChI is InChI=1S/C12H14F4N2O/c1-11(2,3)6-18-10(19)7-4-17-5-8(13)9(7)12(14,15)16/h4-5H,6H2,1-3H3,(H,18,19). The van der Waals surface area contributed by atoms with Gasteiger partial charge in [0.15, 0.2) is 5.82 Å². The van der Waals surface area contributed by atoms with Crippen LogP contribution in [0.1, 0.15) is 36.7 Å². The molecule has 0 saturated heterocycles. The Bertz CT molecular complexity index is 478. The van der Waals surface area contributed by atoms with Crippen molar-refractivity contribution in [3.8, 4) is 0 Å². The minimum Gasteiger partial charge on any atom is -0.351 e. The maximum Gasteiger partial charge on any atom is 0.420 e. The number of halogens is 4. The first kappa shape index (κ1) is 15.4. The summed E-state index contributed by atoms with van der Waals surface area (Å²) in [5, 5.41) is 2.33. The third-order valence-corrected chi connectivity index (χ3v) is 2.21. The van der Waals surface area contributed by atoms with Gasteiger partial charge in [0, 0.05) is 12.7 Å². The second-order valence-corrected chi connectivity index (χ2v) is 5.28. The molecule has 0 aromatic carbocycles. The van der Waals surface area contributed by atoms with Gasteiger partial charge in [-0.15, -0.1) is 0 Å². The van der Waals surface area contributed by atoms with Gasteiger partial charge in [-0.3, -0.25) is 9.78 Å². The Labute approximate surface area is 108 Å². The molecule has 0 unspecified atom stereocenters. The average Bonchev–Trinajstić information content (AvgIpc) is 2.22.